The van der Waals surface area contributed by atoms with Crippen LogP contribution in [0.15, 0.2) is 53.1 Å². The van der Waals surface area contributed by atoms with Crippen LogP contribution in [0.4, 0.5) is 0 Å². The van der Waals surface area contributed by atoms with Gasteiger partial charge < -0.3 is 14.8 Å². The fraction of sp³-hybridized carbons (Fsp3) is 0.389. The second kappa shape index (κ2) is 7.80. The van der Waals surface area contributed by atoms with E-state index in [9.17, 15) is 9.90 Å². The zero-order valence-electron chi connectivity index (χ0n) is 13.0. The van der Waals surface area contributed by atoms with Gasteiger partial charge in [0.1, 0.15) is 11.9 Å². The molecule has 3 unspecified atom stereocenters. The highest BCUT2D eigenvalue weighted by atomic mass is 16.4. The molecule has 2 aromatic rings. The SMILES string of the molecule is CCC(C(=O)NC(C)CC(O)c1ccco1)c1ccccc1. The van der Waals surface area contributed by atoms with Crippen LogP contribution in [0.1, 0.15) is 50.0 Å². The van der Waals surface area contributed by atoms with Crippen molar-refractivity contribution in [3.63, 3.8) is 0 Å². The standard InChI is InChI=1S/C18H23NO3/c1-3-15(14-8-5-4-6-9-14)18(21)19-13(2)12-16(20)17-10-7-11-22-17/h4-11,13,15-16,20H,3,12H2,1-2H3,(H,19,21). The summed E-state index contributed by atoms with van der Waals surface area (Å²) in [5.41, 5.74) is 1.02. The number of aliphatic hydroxyl groups is 1. The molecule has 1 amide bonds. The predicted octanol–water partition coefficient (Wildman–Crippen LogP) is 3.40. The summed E-state index contributed by atoms with van der Waals surface area (Å²) >= 11 is 0. The number of nitrogens with one attached hydrogen (secondary N) is 1. The van der Waals surface area contributed by atoms with Crippen molar-refractivity contribution in [1.29, 1.82) is 0 Å². The number of rotatable bonds is 7. The van der Waals surface area contributed by atoms with Crippen LogP contribution in [0, 0.1) is 0 Å². The van der Waals surface area contributed by atoms with Gasteiger partial charge in [0, 0.05) is 12.5 Å². The Balaban J connectivity index is 1.92. The highest BCUT2D eigenvalue weighted by molar-refractivity contribution is 5.83. The topological polar surface area (TPSA) is 62.5 Å². The predicted molar refractivity (Wildman–Crippen MR) is 85.4 cm³/mol. The van der Waals surface area contributed by atoms with Crippen molar-refractivity contribution in [2.45, 2.75) is 44.8 Å². The molecule has 0 saturated heterocycles. The highest BCUT2D eigenvalue weighted by Gasteiger charge is 2.22. The molecule has 2 N–H and O–H groups in total. The summed E-state index contributed by atoms with van der Waals surface area (Å²) in [7, 11) is 0. The number of carbonyl (C=O) groups excluding carboxylic acids is 1. The molecule has 118 valence electrons. The van der Waals surface area contributed by atoms with Crippen LogP contribution < -0.4 is 5.32 Å². The monoisotopic (exact) mass is 301 g/mol. The third kappa shape index (κ3) is 4.21. The Morgan fingerprint density at radius 1 is 1.23 bits per heavy atom. The summed E-state index contributed by atoms with van der Waals surface area (Å²) in [6, 6.07) is 13.1. The van der Waals surface area contributed by atoms with Gasteiger partial charge in [-0.2, -0.15) is 0 Å². The van der Waals surface area contributed by atoms with E-state index in [1.165, 1.54) is 6.26 Å². The van der Waals surface area contributed by atoms with Crippen molar-refractivity contribution in [2.24, 2.45) is 0 Å². The summed E-state index contributed by atoms with van der Waals surface area (Å²) in [5.74, 6) is 0.355. The van der Waals surface area contributed by atoms with Gasteiger partial charge in [-0.1, -0.05) is 37.3 Å². The third-order valence-electron chi connectivity index (χ3n) is 3.76. The quantitative estimate of drug-likeness (QED) is 0.824. The van der Waals surface area contributed by atoms with E-state index in [-0.39, 0.29) is 17.9 Å². The van der Waals surface area contributed by atoms with Gasteiger partial charge in [0.2, 0.25) is 5.91 Å². The second-order valence-electron chi connectivity index (χ2n) is 5.55. The molecule has 1 heterocycles. The summed E-state index contributed by atoms with van der Waals surface area (Å²) in [4.78, 5) is 12.4. The molecule has 0 saturated carbocycles. The molecule has 3 atom stereocenters. The van der Waals surface area contributed by atoms with E-state index in [0.29, 0.717) is 12.2 Å². The molecule has 4 nitrogen and oxygen atoms in total. The summed E-state index contributed by atoms with van der Waals surface area (Å²) < 4.78 is 5.18. The number of aliphatic hydroxyl groups excluding tert-OH is 1. The van der Waals surface area contributed by atoms with E-state index in [1.807, 2.05) is 44.2 Å². The van der Waals surface area contributed by atoms with Gasteiger partial charge in [0.15, 0.2) is 0 Å². The van der Waals surface area contributed by atoms with E-state index >= 15 is 0 Å². The molecular formula is C18H23NO3. The Hall–Kier alpha value is -2.07. The van der Waals surface area contributed by atoms with E-state index in [1.54, 1.807) is 12.1 Å². The molecule has 0 spiro atoms. The largest absolute Gasteiger partial charge is 0.467 e. The van der Waals surface area contributed by atoms with Crippen LogP contribution in [0.3, 0.4) is 0 Å². The van der Waals surface area contributed by atoms with Gasteiger partial charge >= 0.3 is 0 Å². The maximum Gasteiger partial charge on any atom is 0.227 e. The average Bonchev–Trinajstić information content (AvgIpc) is 3.03. The van der Waals surface area contributed by atoms with Gasteiger partial charge in [-0.15, -0.1) is 0 Å². The Morgan fingerprint density at radius 2 is 1.95 bits per heavy atom. The lowest BCUT2D eigenvalue weighted by atomic mass is 9.95. The Morgan fingerprint density at radius 3 is 2.55 bits per heavy atom. The van der Waals surface area contributed by atoms with Crippen molar-refractivity contribution in [1.82, 2.24) is 5.32 Å². The fourth-order valence-electron chi connectivity index (χ4n) is 2.59. The smallest absolute Gasteiger partial charge is 0.227 e. The third-order valence-corrected chi connectivity index (χ3v) is 3.76. The molecule has 0 aliphatic rings. The Kier molecular flexibility index (Phi) is 5.78. The van der Waals surface area contributed by atoms with Crippen LogP contribution in [0.2, 0.25) is 0 Å². The van der Waals surface area contributed by atoms with E-state index < -0.39 is 6.10 Å². The maximum atomic E-state index is 12.4. The number of benzene rings is 1. The molecule has 0 aliphatic heterocycles. The number of carbonyl (C=O) groups is 1. The van der Waals surface area contributed by atoms with Crippen LogP contribution in [-0.2, 0) is 4.79 Å². The number of furan rings is 1. The minimum absolute atomic E-state index is 0.00663. The molecule has 2 rings (SSSR count). The molecule has 1 aromatic carbocycles. The van der Waals surface area contributed by atoms with Crippen LogP contribution in [-0.4, -0.2) is 17.1 Å². The number of hydrogen-bond acceptors (Lipinski definition) is 3. The first-order valence-corrected chi connectivity index (χ1v) is 7.68. The van der Waals surface area contributed by atoms with Crippen molar-refractivity contribution < 1.29 is 14.3 Å². The maximum absolute atomic E-state index is 12.4. The van der Waals surface area contributed by atoms with Crippen LogP contribution in [0.5, 0.6) is 0 Å². The molecular weight excluding hydrogens is 278 g/mol. The summed E-state index contributed by atoms with van der Waals surface area (Å²) in [6.45, 7) is 3.89. The zero-order valence-corrected chi connectivity index (χ0v) is 13.0. The van der Waals surface area contributed by atoms with Gasteiger partial charge in [-0.05, 0) is 31.0 Å². The lowest BCUT2D eigenvalue weighted by molar-refractivity contribution is -0.123. The molecule has 1 aromatic heterocycles. The van der Waals surface area contributed by atoms with Crippen molar-refractivity contribution in [3.05, 3.63) is 60.1 Å². The molecule has 0 bridgehead atoms. The van der Waals surface area contributed by atoms with Crippen molar-refractivity contribution in [3.8, 4) is 0 Å². The number of amides is 1. The van der Waals surface area contributed by atoms with Gasteiger partial charge in [0.05, 0.1) is 12.2 Å². The Bertz CT molecular complexity index is 565. The first kappa shape index (κ1) is 16.3. The van der Waals surface area contributed by atoms with E-state index in [0.717, 1.165) is 12.0 Å². The minimum Gasteiger partial charge on any atom is -0.467 e. The molecule has 4 heteroatoms. The first-order valence-electron chi connectivity index (χ1n) is 7.68. The molecule has 0 fully saturated rings. The Labute approximate surface area is 131 Å². The van der Waals surface area contributed by atoms with Crippen LogP contribution >= 0.6 is 0 Å². The number of hydrogen-bond donors (Lipinski definition) is 2. The normalized spacial score (nSPS) is 15.0. The van der Waals surface area contributed by atoms with Gasteiger partial charge in [0.25, 0.3) is 0 Å². The van der Waals surface area contributed by atoms with Gasteiger partial charge in [-0.3, -0.25) is 4.79 Å². The molecule has 0 aliphatic carbocycles. The van der Waals surface area contributed by atoms with E-state index in [4.69, 9.17) is 4.42 Å². The molecule has 22 heavy (non-hydrogen) atoms. The second-order valence-corrected chi connectivity index (χ2v) is 5.55. The van der Waals surface area contributed by atoms with E-state index in [2.05, 4.69) is 5.32 Å². The van der Waals surface area contributed by atoms with Crippen LogP contribution in [0.25, 0.3) is 0 Å². The average molecular weight is 301 g/mol. The first-order chi connectivity index (χ1) is 10.6. The van der Waals surface area contributed by atoms with Crippen molar-refractivity contribution in [2.75, 3.05) is 0 Å². The fourth-order valence-corrected chi connectivity index (χ4v) is 2.59. The van der Waals surface area contributed by atoms with Crippen molar-refractivity contribution >= 4 is 5.91 Å². The van der Waals surface area contributed by atoms with Gasteiger partial charge in [-0.25, -0.2) is 0 Å². The summed E-state index contributed by atoms with van der Waals surface area (Å²) in [6.07, 6.45) is 1.99. The zero-order chi connectivity index (χ0) is 15.9. The highest BCUT2D eigenvalue weighted by Crippen LogP contribution is 2.21. The lowest BCUT2D eigenvalue weighted by Crippen LogP contribution is -2.37. The minimum atomic E-state index is -0.706. The summed E-state index contributed by atoms with van der Waals surface area (Å²) in [5, 5.41) is 13.0. The lowest BCUT2D eigenvalue weighted by Gasteiger charge is -2.21. The molecule has 0 radical (unpaired) electrons.